The van der Waals surface area contributed by atoms with Gasteiger partial charge in [-0.15, -0.1) is 0 Å². The fourth-order valence-electron chi connectivity index (χ4n) is 7.47. The van der Waals surface area contributed by atoms with Crippen molar-refractivity contribution < 1.29 is 4.42 Å². The molecule has 0 amide bonds. The standard InChI is InChI=1S/C49H32N2O/c1-2-8-33(9-3-1)34-15-17-35(18-16-34)36-19-24-41(25-20-36)51(42-26-21-38(22-27-42)45-13-6-11-37-10-4-5-12-44(37)45)43-28-23-39-31-46-48(32-40(39)30-43)52-47-14-7-29-50-49(46)47/h1-32H. The molecule has 0 unspecified atom stereocenters. The highest BCUT2D eigenvalue weighted by atomic mass is 16.3. The normalized spacial score (nSPS) is 11.5. The maximum absolute atomic E-state index is 6.23. The maximum atomic E-state index is 6.23. The summed E-state index contributed by atoms with van der Waals surface area (Å²) in [6.07, 6.45) is 1.82. The van der Waals surface area contributed by atoms with Gasteiger partial charge in [-0.1, -0.05) is 127 Å². The van der Waals surface area contributed by atoms with E-state index in [9.17, 15) is 0 Å². The average molecular weight is 665 g/mol. The van der Waals surface area contributed by atoms with Crippen molar-refractivity contribution >= 4 is 60.7 Å². The molecule has 0 N–H and O–H groups in total. The van der Waals surface area contributed by atoms with E-state index in [0.29, 0.717) is 0 Å². The summed E-state index contributed by atoms with van der Waals surface area (Å²) in [6.45, 7) is 0. The third-order valence-corrected chi connectivity index (χ3v) is 10.1. The minimum atomic E-state index is 0.802. The number of hydrogen-bond donors (Lipinski definition) is 0. The number of pyridine rings is 1. The Morgan fingerprint density at radius 2 is 0.981 bits per heavy atom. The molecule has 0 spiro atoms. The number of furan rings is 1. The number of hydrogen-bond acceptors (Lipinski definition) is 3. The summed E-state index contributed by atoms with van der Waals surface area (Å²) in [6, 6.07) is 67.1. The Bertz CT molecular complexity index is 2870. The Kier molecular flexibility index (Phi) is 7.14. The van der Waals surface area contributed by atoms with E-state index in [1.54, 1.807) is 0 Å². The third-order valence-electron chi connectivity index (χ3n) is 10.1. The summed E-state index contributed by atoms with van der Waals surface area (Å²) >= 11 is 0. The highest BCUT2D eigenvalue weighted by Crippen LogP contribution is 2.40. The summed E-state index contributed by atoms with van der Waals surface area (Å²) in [4.78, 5) is 6.92. The van der Waals surface area contributed by atoms with Crippen molar-refractivity contribution in [3.05, 3.63) is 194 Å². The van der Waals surface area contributed by atoms with Gasteiger partial charge in [0.15, 0.2) is 5.58 Å². The Morgan fingerprint density at radius 3 is 1.73 bits per heavy atom. The minimum absolute atomic E-state index is 0.802. The molecule has 0 aliphatic rings. The Labute approximate surface area is 301 Å². The summed E-state index contributed by atoms with van der Waals surface area (Å²) in [5.41, 5.74) is 13.0. The van der Waals surface area contributed by atoms with E-state index in [0.717, 1.165) is 49.9 Å². The molecule has 0 atom stereocenters. The predicted molar refractivity (Wildman–Crippen MR) is 218 cm³/mol. The van der Waals surface area contributed by atoms with Crippen molar-refractivity contribution in [1.29, 1.82) is 0 Å². The first-order chi connectivity index (χ1) is 25.7. The van der Waals surface area contributed by atoms with Gasteiger partial charge in [0.05, 0.1) is 0 Å². The van der Waals surface area contributed by atoms with Crippen LogP contribution in [0.1, 0.15) is 0 Å². The van der Waals surface area contributed by atoms with Crippen molar-refractivity contribution in [2.75, 3.05) is 4.90 Å². The van der Waals surface area contributed by atoms with Gasteiger partial charge < -0.3 is 9.32 Å². The Balaban J connectivity index is 1.06. The molecule has 10 aromatic rings. The first-order valence-electron chi connectivity index (χ1n) is 17.6. The summed E-state index contributed by atoms with van der Waals surface area (Å²) in [5, 5.41) is 5.78. The Morgan fingerprint density at radius 1 is 0.365 bits per heavy atom. The number of anilines is 3. The highest BCUT2D eigenvalue weighted by molar-refractivity contribution is 6.09. The monoisotopic (exact) mass is 664 g/mol. The zero-order valence-corrected chi connectivity index (χ0v) is 28.3. The van der Waals surface area contributed by atoms with Gasteiger partial charge in [0.2, 0.25) is 0 Å². The fourth-order valence-corrected chi connectivity index (χ4v) is 7.47. The smallest absolute Gasteiger partial charge is 0.153 e. The number of fused-ring (bicyclic) bond motifs is 5. The Hall–Kier alpha value is -6.97. The van der Waals surface area contributed by atoms with Crippen LogP contribution >= 0.6 is 0 Å². The summed E-state index contributed by atoms with van der Waals surface area (Å²) in [5.74, 6) is 0. The third kappa shape index (κ3) is 5.28. The molecule has 0 fully saturated rings. The van der Waals surface area contributed by atoms with E-state index in [1.807, 2.05) is 18.3 Å². The zero-order chi connectivity index (χ0) is 34.4. The molecule has 0 saturated carbocycles. The van der Waals surface area contributed by atoms with Crippen molar-refractivity contribution in [1.82, 2.24) is 4.98 Å². The number of rotatable bonds is 6. The molecule has 0 saturated heterocycles. The molecule has 8 aromatic carbocycles. The van der Waals surface area contributed by atoms with Gasteiger partial charge in [0.1, 0.15) is 11.1 Å². The summed E-state index contributed by atoms with van der Waals surface area (Å²) < 4.78 is 6.23. The van der Waals surface area contributed by atoms with Gasteiger partial charge in [-0.05, 0) is 116 Å². The molecule has 0 radical (unpaired) electrons. The molecule has 0 aliphatic carbocycles. The molecule has 2 aromatic heterocycles. The fraction of sp³-hybridized carbons (Fsp3) is 0. The molecule has 0 bridgehead atoms. The second-order valence-corrected chi connectivity index (χ2v) is 13.2. The van der Waals surface area contributed by atoms with Gasteiger partial charge in [0.25, 0.3) is 0 Å². The van der Waals surface area contributed by atoms with Crippen LogP contribution in [0.3, 0.4) is 0 Å². The van der Waals surface area contributed by atoms with Gasteiger partial charge in [-0.3, -0.25) is 4.98 Å². The number of nitrogens with zero attached hydrogens (tertiary/aromatic N) is 2. The quantitative estimate of drug-likeness (QED) is 0.177. The lowest BCUT2D eigenvalue weighted by atomic mass is 9.98. The van der Waals surface area contributed by atoms with Crippen molar-refractivity contribution in [2.24, 2.45) is 0 Å². The van der Waals surface area contributed by atoms with Crippen molar-refractivity contribution in [3.63, 3.8) is 0 Å². The summed E-state index contributed by atoms with van der Waals surface area (Å²) in [7, 11) is 0. The lowest BCUT2D eigenvalue weighted by Gasteiger charge is -2.26. The molecule has 244 valence electrons. The number of benzene rings is 8. The van der Waals surface area contributed by atoms with Crippen molar-refractivity contribution in [2.45, 2.75) is 0 Å². The largest absolute Gasteiger partial charge is 0.454 e. The first kappa shape index (κ1) is 29.9. The van der Waals surface area contributed by atoms with Crippen LogP contribution in [0, 0.1) is 0 Å². The van der Waals surface area contributed by atoms with Crippen LogP contribution in [0.15, 0.2) is 199 Å². The highest BCUT2D eigenvalue weighted by Gasteiger charge is 2.16. The van der Waals surface area contributed by atoms with Gasteiger partial charge in [0, 0.05) is 28.6 Å². The molecular formula is C49H32N2O. The molecule has 10 rings (SSSR count). The predicted octanol–water partition coefficient (Wildman–Crippen LogP) is 13.8. The molecule has 0 aliphatic heterocycles. The van der Waals surface area contributed by atoms with Gasteiger partial charge in [-0.25, -0.2) is 0 Å². The van der Waals surface area contributed by atoms with Crippen LogP contribution in [0.4, 0.5) is 17.1 Å². The maximum Gasteiger partial charge on any atom is 0.153 e. The molecule has 3 heteroatoms. The second kappa shape index (κ2) is 12.4. The van der Waals surface area contributed by atoms with E-state index in [1.165, 1.54) is 44.2 Å². The zero-order valence-electron chi connectivity index (χ0n) is 28.3. The van der Waals surface area contributed by atoms with Crippen LogP contribution in [-0.2, 0) is 0 Å². The molecule has 2 heterocycles. The van der Waals surface area contributed by atoms with Crippen LogP contribution < -0.4 is 4.90 Å². The topological polar surface area (TPSA) is 29.3 Å². The van der Waals surface area contributed by atoms with E-state index in [2.05, 4.69) is 186 Å². The minimum Gasteiger partial charge on any atom is -0.454 e. The van der Waals surface area contributed by atoms with Crippen LogP contribution in [-0.4, -0.2) is 4.98 Å². The van der Waals surface area contributed by atoms with Crippen LogP contribution in [0.2, 0.25) is 0 Å². The first-order valence-corrected chi connectivity index (χ1v) is 17.6. The average Bonchev–Trinajstić information content (AvgIpc) is 3.58. The molecule has 52 heavy (non-hydrogen) atoms. The lowest BCUT2D eigenvalue weighted by Crippen LogP contribution is -2.09. The van der Waals surface area contributed by atoms with Crippen LogP contribution in [0.25, 0.3) is 77.0 Å². The SMILES string of the molecule is c1ccc(-c2ccc(-c3ccc(N(c4ccc(-c5cccc6ccccc56)cc4)c4ccc5cc6c(cc5c4)oc4cccnc46)cc3)cc2)cc1. The van der Waals surface area contributed by atoms with E-state index in [4.69, 9.17) is 4.42 Å². The van der Waals surface area contributed by atoms with Crippen LogP contribution in [0.5, 0.6) is 0 Å². The van der Waals surface area contributed by atoms with E-state index >= 15 is 0 Å². The van der Waals surface area contributed by atoms with Gasteiger partial charge >= 0.3 is 0 Å². The van der Waals surface area contributed by atoms with Gasteiger partial charge in [-0.2, -0.15) is 0 Å². The van der Waals surface area contributed by atoms with E-state index < -0.39 is 0 Å². The number of aromatic nitrogens is 1. The van der Waals surface area contributed by atoms with E-state index in [-0.39, 0.29) is 0 Å². The molecular weight excluding hydrogens is 633 g/mol. The lowest BCUT2D eigenvalue weighted by molar-refractivity contribution is 0.668. The van der Waals surface area contributed by atoms with Crippen molar-refractivity contribution in [3.8, 4) is 33.4 Å². The molecule has 3 nitrogen and oxygen atoms in total. The second-order valence-electron chi connectivity index (χ2n) is 13.2.